The summed E-state index contributed by atoms with van der Waals surface area (Å²) < 4.78 is 0. The lowest BCUT2D eigenvalue weighted by Crippen LogP contribution is -2.34. The van der Waals surface area contributed by atoms with Crippen molar-refractivity contribution in [2.24, 2.45) is 11.8 Å². The Labute approximate surface area is 150 Å². The number of likely N-dealkylation sites (tertiary alicyclic amines) is 2. The summed E-state index contributed by atoms with van der Waals surface area (Å²) in [5, 5.41) is 11.2. The van der Waals surface area contributed by atoms with Gasteiger partial charge < -0.3 is 15.0 Å². The summed E-state index contributed by atoms with van der Waals surface area (Å²) in [5.41, 5.74) is 2.58. The summed E-state index contributed by atoms with van der Waals surface area (Å²) >= 11 is 0. The highest BCUT2D eigenvalue weighted by molar-refractivity contribution is 5.79. The van der Waals surface area contributed by atoms with Gasteiger partial charge in [-0.2, -0.15) is 0 Å². The van der Waals surface area contributed by atoms with Crippen molar-refractivity contribution in [1.82, 2.24) is 14.8 Å². The maximum Gasteiger partial charge on any atom is 0.0475 e. The molecule has 4 rings (SSSR count). The molecule has 2 N–H and O–H groups in total. The molecule has 3 heterocycles. The first-order chi connectivity index (χ1) is 12.3. The van der Waals surface area contributed by atoms with Gasteiger partial charge in [0.1, 0.15) is 0 Å². The number of fused-ring (bicyclic) bond motifs is 1. The molecule has 4 heteroatoms. The van der Waals surface area contributed by atoms with Crippen molar-refractivity contribution >= 4 is 10.9 Å². The van der Waals surface area contributed by atoms with Crippen LogP contribution in [-0.2, 0) is 6.54 Å². The molecule has 2 atom stereocenters. The molecule has 1 aromatic carbocycles. The first-order valence-electron chi connectivity index (χ1n) is 9.93. The Bertz CT molecular complexity index is 675. The number of rotatable bonds is 5. The summed E-state index contributed by atoms with van der Waals surface area (Å²) in [6.45, 7) is 7.13. The summed E-state index contributed by atoms with van der Waals surface area (Å²) in [5.74, 6) is 1.04. The Hall–Kier alpha value is -1.36. The SMILES string of the molecule is OC[C@@H]1CN(Cc2ccc3[nH]ccc3c2)C[C@@H]1CN1CCCCCC1. The van der Waals surface area contributed by atoms with Gasteiger partial charge in [0.2, 0.25) is 0 Å². The standard InChI is InChI=1S/C21H31N3O/c25-16-20-15-24(12-17-5-6-21-18(11-17)7-8-22-21)14-19(20)13-23-9-3-1-2-4-10-23/h5-8,11,19-20,22,25H,1-4,9-10,12-16H2/t19-,20-/m0/s1. The van der Waals surface area contributed by atoms with E-state index in [-0.39, 0.29) is 0 Å². The van der Waals surface area contributed by atoms with Gasteiger partial charge in [-0.1, -0.05) is 18.9 Å². The minimum absolute atomic E-state index is 0.325. The van der Waals surface area contributed by atoms with Crippen molar-refractivity contribution in [3.8, 4) is 0 Å². The molecule has 2 saturated heterocycles. The highest BCUT2D eigenvalue weighted by Gasteiger charge is 2.33. The molecule has 0 unspecified atom stereocenters. The molecule has 0 aliphatic carbocycles. The molecule has 0 bridgehead atoms. The number of aromatic amines is 1. The molecule has 0 saturated carbocycles. The van der Waals surface area contributed by atoms with E-state index in [1.165, 1.54) is 61.8 Å². The van der Waals surface area contributed by atoms with E-state index in [0.29, 0.717) is 18.4 Å². The number of aliphatic hydroxyl groups excluding tert-OH is 1. The normalized spacial score (nSPS) is 26.3. The number of benzene rings is 1. The fraction of sp³-hybridized carbons (Fsp3) is 0.619. The predicted octanol–water partition coefficient (Wildman–Crippen LogP) is 3.08. The molecule has 2 aliphatic rings. The lowest BCUT2D eigenvalue weighted by molar-refractivity contribution is 0.165. The van der Waals surface area contributed by atoms with Gasteiger partial charge in [-0.3, -0.25) is 4.90 Å². The predicted molar refractivity (Wildman–Crippen MR) is 103 cm³/mol. The monoisotopic (exact) mass is 341 g/mol. The Morgan fingerprint density at radius 1 is 0.960 bits per heavy atom. The van der Waals surface area contributed by atoms with E-state index in [1.54, 1.807) is 0 Å². The molecule has 0 amide bonds. The van der Waals surface area contributed by atoms with Crippen molar-refractivity contribution in [3.63, 3.8) is 0 Å². The summed E-state index contributed by atoms with van der Waals surface area (Å²) in [7, 11) is 0. The number of aliphatic hydroxyl groups is 1. The summed E-state index contributed by atoms with van der Waals surface area (Å²) in [4.78, 5) is 8.45. The van der Waals surface area contributed by atoms with Crippen molar-refractivity contribution in [2.75, 3.05) is 39.3 Å². The van der Waals surface area contributed by atoms with E-state index < -0.39 is 0 Å². The van der Waals surface area contributed by atoms with Crippen LogP contribution in [0.2, 0.25) is 0 Å². The maximum absolute atomic E-state index is 9.87. The van der Waals surface area contributed by atoms with Gasteiger partial charge in [0, 0.05) is 44.5 Å². The Balaban J connectivity index is 1.38. The van der Waals surface area contributed by atoms with Crippen molar-refractivity contribution in [3.05, 3.63) is 36.0 Å². The van der Waals surface area contributed by atoms with Crippen LogP contribution in [0.5, 0.6) is 0 Å². The van der Waals surface area contributed by atoms with Crippen molar-refractivity contribution < 1.29 is 5.11 Å². The lowest BCUT2D eigenvalue weighted by atomic mass is 9.96. The third kappa shape index (κ3) is 4.08. The highest BCUT2D eigenvalue weighted by Crippen LogP contribution is 2.27. The molecule has 2 aliphatic heterocycles. The van der Waals surface area contributed by atoms with Gasteiger partial charge in [0.25, 0.3) is 0 Å². The Morgan fingerprint density at radius 3 is 2.56 bits per heavy atom. The van der Waals surface area contributed by atoms with Crippen molar-refractivity contribution in [1.29, 1.82) is 0 Å². The number of nitrogens with one attached hydrogen (secondary N) is 1. The van der Waals surface area contributed by atoms with E-state index in [0.717, 1.165) is 19.6 Å². The third-order valence-corrected chi connectivity index (χ3v) is 6.10. The lowest BCUT2D eigenvalue weighted by Gasteiger charge is -2.26. The Kier molecular flexibility index (Phi) is 5.39. The molecule has 1 aromatic heterocycles. The van der Waals surface area contributed by atoms with Crippen molar-refractivity contribution in [2.45, 2.75) is 32.2 Å². The van der Waals surface area contributed by atoms with Gasteiger partial charge in [-0.15, -0.1) is 0 Å². The van der Waals surface area contributed by atoms with Crippen LogP contribution in [0.25, 0.3) is 10.9 Å². The second-order valence-corrected chi connectivity index (χ2v) is 8.01. The quantitative estimate of drug-likeness (QED) is 0.878. The van der Waals surface area contributed by atoms with Gasteiger partial charge in [-0.25, -0.2) is 0 Å². The second kappa shape index (κ2) is 7.90. The molecule has 0 spiro atoms. The van der Waals surface area contributed by atoms with E-state index in [9.17, 15) is 5.11 Å². The maximum atomic E-state index is 9.87. The molecule has 25 heavy (non-hydrogen) atoms. The summed E-state index contributed by atoms with van der Waals surface area (Å²) in [6, 6.07) is 8.84. The van der Waals surface area contributed by atoms with Crippen LogP contribution in [0.1, 0.15) is 31.2 Å². The fourth-order valence-corrected chi connectivity index (χ4v) is 4.69. The molecular weight excluding hydrogens is 310 g/mol. The number of nitrogens with zero attached hydrogens (tertiary/aromatic N) is 2. The number of hydrogen-bond donors (Lipinski definition) is 2. The number of H-pyrrole nitrogens is 1. The van der Waals surface area contributed by atoms with Crippen LogP contribution in [0.15, 0.2) is 30.5 Å². The topological polar surface area (TPSA) is 42.5 Å². The summed E-state index contributed by atoms with van der Waals surface area (Å²) in [6.07, 6.45) is 7.47. The van der Waals surface area contributed by atoms with E-state index in [2.05, 4.69) is 39.0 Å². The van der Waals surface area contributed by atoms with Crippen LogP contribution in [-0.4, -0.2) is 59.2 Å². The number of aromatic nitrogens is 1. The van der Waals surface area contributed by atoms with Gasteiger partial charge in [-0.05, 0) is 66.9 Å². The minimum Gasteiger partial charge on any atom is -0.396 e. The van der Waals surface area contributed by atoms with Crippen LogP contribution < -0.4 is 0 Å². The molecular formula is C21H31N3O. The average Bonchev–Trinajstić information content (AvgIpc) is 3.14. The molecule has 0 radical (unpaired) electrons. The zero-order valence-electron chi connectivity index (χ0n) is 15.2. The minimum atomic E-state index is 0.325. The van der Waals surface area contributed by atoms with Crippen LogP contribution in [0.4, 0.5) is 0 Å². The molecule has 4 nitrogen and oxygen atoms in total. The van der Waals surface area contributed by atoms with E-state index in [4.69, 9.17) is 0 Å². The fourth-order valence-electron chi connectivity index (χ4n) is 4.69. The van der Waals surface area contributed by atoms with E-state index in [1.807, 2.05) is 6.20 Å². The van der Waals surface area contributed by atoms with Crippen LogP contribution >= 0.6 is 0 Å². The smallest absolute Gasteiger partial charge is 0.0475 e. The highest BCUT2D eigenvalue weighted by atomic mass is 16.3. The number of hydrogen-bond acceptors (Lipinski definition) is 3. The zero-order valence-corrected chi connectivity index (χ0v) is 15.2. The molecule has 136 valence electrons. The van der Waals surface area contributed by atoms with Gasteiger partial charge >= 0.3 is 0 Å². The van der Waals surface area contributed by atoms with Crippen LogP contribution in [0.3, 0.4) is 0 Å². The zero-order chi connectivity index (χ0) is 17.1. The van der Waals surface area contributed by atoms with Gasteiger partial charge in [0.05, 0.1) is 0 Å². The van der Waals surface area contributed by atoms with Gasteiger partial charge in [0.15, 0.2) is 0 Å². The van der Waals surface area contributed by atoms with E-state index >= 15 is 0 Å². The second-order valence-electron chi connectivity index (χ2n) is 8.01. The first-order valence-corrected chi connectivity index (χ1v) is 9.93. The third-order valence-electron chi connectivity index (χ3n) is 6.10. The average molecular weight is 341 g/mol. The Morgan fingerprint density at radius 2 is 1.76 bits per heavy atom. The van der Waals surface area contributed by atoms with Crippen LogP contribution in [0, 0.1) is 11.8 Å². The first kappa shape index (κ1) is 17.1. The molecule has 2 aromatic rings. The largest absolute Gasteiger partial charge is 0.396 e. The molecule has 2 fully saturated rings.